The van der Waals surface area contributed by atoms with Gasteiger partial charge < -0.3 is 15.5 Å². The molecule has 2 atom stereocenters. The monoisotopic (exact) mass is 428 g/mol. The first kappa shape index (κ1) is 24.2. The highest BCUT2D eigenvalue weighted by molar-refractivity contribution is 5.82. The molecular formula is C26H44N4O. The Morgan fingerprint density at radius 2 is 1.77 bits per heavy atom. The van der Waals surface area contributed by atoms with Crippen LogP contribution in [0.25, 0.3) is 0 Å². The highest BCUT2D eigenvalue weighted by Crippen LogP contribution is 2.27. The fraction of sp³-hybridized carbons (Fsp3) is 0.731. The Balaban J connectivity index is 1.60. The molecule has 0 saturated carbocycles. The topological polar surface area (TPSA) is 47.6 Å². The molecule has 2 saturated heterocycles. The highest BCUT2D eigenvalue weighted by Gasteiger charge is 2.41. The van der Waals surface area contributed by atoms with Crippen molar-refractivity contribution in [1.82, 2.24) is 20.4 Å². The number of rotatable bonds is 9. The third-order valence-electron chi connectivity index (χ3n) is 6.88. The first-order valence-electron chi connectivity index (χ1n) is 12.5. The maximum absolute atomic E-state index is 13.0. The summed E-state index contributed by atoms with van der Waals surface area (Å²) >= 11 is 0. The van der Waals surface area contributed by atoms with Crippen LogP contribution in [0.4, 0.5) is 0 Å². The lowest BCUT2D eigenvalue weighted by atomic mass is 10.0. The Morgan fingerprint density at radius 3 is 2.35 bits per heavy atom. The van der Waals surface area contributed by atoms with Gasteiger partial charge in [-0.05, 0) is 76.2 Å². The highest BCUT2D eigenvalue weighted by atomic mass is 16.2. The zero-order valence-corrected chi connectivity index (χ0v) is 20.4. The third kappa shape index (κ3) is 6.77. The van der Waals surface area contributed by atoms with Crippen molar-refractivity contribution in [2.24, 2.45) is 0 Å². The summed E-state index contributed by atoms with van der Waals surface area (Å²) in [5.41, 5.74) is 2.70. The average Bonchev–Trinajstić information content (AvgIpc) is 3.17. The molecule has 2 aliphatic rings. The maximum Gasteiger partial charge on any atom is 0.237 e. The van der Waals surface area contributed by atoms with Crippen molar-refractivity contribution in [3.05, 3.63) is 35.4 Å². The third-order valence-corrected chi connectivity index (χ3v) is 6.88. The van der Waals surface area contributed by atoms with E-state index in [2.05, 4.69) is 79.3 Å². The van der Waals surface area contributed by atoms with Crippen molar-refractivity contribution >= 4 is 5.91 Å². The molecule has 3 rings (SSSR count). The Hall–Kier alpha value is -1.43. The number of carbonyl (C=O) groups excluding carboxylic acids is 1. The molecule has 0 radical (unpaired) electrons. The summed E-state index contributed by atoms with van der Waals surface area (Å²) in [7, 11) is 0. The predicted molar refractivity (Wildman–Crippen MR) is 129 cm³/mol. The minimum atomic E-state index is -0.00839. The van der Waals surface area contributed by atoms with Crippen LogP contribution >= 0.6 is 0 Å². The van der Waals surface area contributed by atoms with E-state index in [1.54, 1.807) is 0 Å². The van der Waals surface area contributed by atoms with E-state index in [0.717, 1.165) is 32.6 Å². The zero-order valence-electron chi connectivity index (χ0n) is 20.4. The second-order valence-corrected chi connectivity index (χ2v) is 10.2. The van der Waals surface area contributed by atoms with E-state index in [0.29, 0.717) is 18.0 Å². The molecule has 2 fully saturated rings. The normalized spacial score (nSPS) is 23.7. The smallest absolute Gasteiger partial charge is 0.237 e. The van der Waals surface area contributed by atoms with Gasteiger partial charge >= 0.3 is 0 Å². The van der Waals surface area contributed by atoms with Crippen LogP contribution in [0, 0.1) is 0 Å². The summed E-state index contributed by atoms with van der Waals surface area (Å²) in [5, 5.41) is 6.93. The summed E-state index contributed by atoms with van der Waals surface area (Å²) in [6, 6.07) is 10.0. The second-order valence-electron chi connectivity index (χ2n) is 10.2. The van der Waals surface area contributed by atoms with Gasteiger partial charge in [-0.2, -0.15) is 0 Å². The van der Waals surface area contributed by atoms with Crippen LogP contribution in [-0.2, 0) is 11.3 Å². The van der Waals surface area contributed by atoms with Crippen molar-refractivity contribution < 1.29 is 4.79 Å². The fourth-order valence-corrected chi connectivity index (χ4v) is 5.12. The van der Waals surface area contributed by atoms with Crippen molar-refractivity contribution in [2.75, 3.05) is 26.2 Å². The number of benzene rings is 1. The predicted octanol–water partition coefficient (Wildman–Crippen LogP) is 3.74. The lowest BCUT2D eigenvalue weighted by Gasteiger charge is -2.39. The number of piperidine rings is 1. The molecule has 174 valence electrons. The van der Waals surface area contributed by atoms with Gasteiger partial charge in [-0.3, -0.25) is 9.69 Å². The van der Waals surface area contributed by atoms with Gasteiger partial charge in [-0.1, -0.05) is 45.0 Å². The van der Waals surface area contributed by atoms with Crippen LogP contribution < -0.4 is 10.6 Å². The SMILES string of the molecule is CCCN1CCC(N2C[C@@H](NCc3ccc(C(C)C)cc3)C[C@H]2C(=O)NC(C)C)CC1. The van der Waals surface area contributed by atoms with Crippen molar-refractivity contribution in [3.63, 3.8) is 0 Å². The molecule has 5 nitrogen and oxygen atoms in total. The van der Waals surface area contributed by atoms with Crippen LogP contribution in [0.15, 0.2) is 24.3 Å². The lowest BCUT2D eigenvalue weighted by molar-refractivity contribution is -0.127. The summed E-state index contributed by atoms with van der Waals surface area (Å²) in [4.78, 5) is 18.1. The van der Waals surface area contributed by atoms with Gasteiger partial charge in [-0.15, -0.1) is 0 Å². The van der Waals surface area contributed by atoms with Crippen molar-refractivity contribution in [1.29, 1.82) is 0 Å². The molecule has 31 heavy (non-hydrogen) atoms. The molecule has 0 aliphatic carbocycles. The van der Waals surface area contributed by atoms with Crippen LogP contribution in [0.5, 0.6) is 0 Å². The molecule has 0 spiro atoms. The van der Waals surface area contributed by atoms with E-state index in [4.69, 9.17) is 0 Å². The van der Waals surface area contributed by atoms with Crippen LogP contribution in [0.3, 0.4) is 0 Å². The largest absolute Gasteiger partial charge is 0.353 e. The number of hydrogen-bond acceptors (Lipinski definition) is 4. The summed E-state index contributed by atoms with van der Waals surface area (Å²) < 4.78 is 0. The summed E-state index contributed by atoms with van der Waals surface area (Å²) in [5.74, 6) is 0.769. The number of nitrogens with one attached hydrogen (secondary N) is 2. The molecular weight excluding hydrogens is 384 g/mol. The van der Waals surface area contributed by atoms with Gasteiger partial charge in [-0.25, -0.2) is 0 Å². The Morgan fingerprint density at radius 1 is 1.10 bits per heavy atom. The zero-order chi connectivity index (χ0) is 22.4. The first-order chi connectivity index (χ1) is 14.9. The van der Waals surface area contributed by atoms with Crippen molar-refractivity contribution in [2.45, 2.75) is 96.9 Å². The van der Waals surface area contributed by atoms with E-state index in [9.17, 15) is 4.79 Å². The molecule has 0 bridgehead atoms. The van der Waals surface area contributed by atoms with E-state index in [1.165, 1.54) is 36.9 Å². The van der Waals surface area contributed by atoms with Gasteiger partial charge in [0.15, 0.2) is 0 Å². The minimum absolute atomic E-state index is 0.00839. The maximum atomic E-state index is 13.0. The Kier molecular flexibility index (Phi) is 8.94. The number of hydrogen-bond donors (Lipinski definition) is 2. The molecule has 5 heteroatoms. The van der Waals surface area contributed by atoms with Crippen LogP contribution in [0.1, 0.15) is 77.3 Å². The van der Waals surface area contributed by atoms with Gasteiger partial charge in [0.25, 0.3) is 0 Å². The van der Waals surface area contributed by atoms with E-state index in [1.807, 2.05) is 0 Å². The van der Waals surface area contributed by atoms with E-state index in [-0.39, 0.29) is 18.0 Å². The summed E-state index contributed by atoms with van der Waals surface area (Å²) in [6.07, 6.45) is 4.47. The van der Waals surface area contributed by atoms with Gasteiger partial charge in [0.2, 0.25) is 5.91 Å². The molecule has 2 heterocycles. The molecule has 0 unspecified atom stereocenters. The van der Waals surface area contributed by atoms with Gasteiger partial charge in [0.1, 0.15) is 0 Å². The average molecular weight is 429 g/mol. The molecule has 2 aliphatic heterocycles. The minimum Gasteiger partial charge on any atom is -0.353 e. The second kappa shape index (κ2) is 11.4. The first-order valence-corrected chi connectivity index (χ1v) is 12.5. The number of carbonyl (C=O) groups is 1. The molecule has 1 amide bonds. The van der Waals surface area contributed by atoms with E-state index < -0.39 is 0 Å². The lowest BCUT2D eigenvalue weighted by Crippen LogP contribution is -2.52. The summed E-state index contributed by atoms with van der Waals surface area (Å²) in [6.45, 7) is 16.2. The quantitative estimate of drug-likeness (QED) is 0.629. The fourth-order valence-electron chi connectivity index (χ4n) is 5.12. The number of likely N-dealkylation sites (tertiary alicyclic amines) is 2. The van der Waals surface area contributed by atoms with E-state index >= 15 is 0 Å². The standard InChI is InChI=1S/C26H44N4O/c1-6-13-29-14-11-24(12-15-29)30-18-23(16-25(30)26(31)28-20(4)5)27-17-21-7-9-22(10-8-21)19(2)3/h7-10,19-20,23-25,27H,6,11-18H2,1-5H3,(H,28,31)/t23-,25-/m0/s1. The van der Waals surface area contributed by atoms with Gasteiger partial charge in [0.05, 0.1) is 6.04 Å². The van der Waals surface area contributed by atoms with Crippen molar-refractivity contribution in [3.8, 4) is 0 Å². The Bertz CT molecular complexity index is 679. The molecule has 1 aromatic carbocycles. The molecule has 2 N–H and O–H groups in total. The Labute approximate surface area is 189 Å². The van der Waals surface area contributed by atoms with Crippen LogP contribution in [0.2, 0.25) is 0 Å². The molecule has 1 aromatic rings. The number of nitrogens with zero attached hydrogens (tertiary/aromatic N) is 2. The number of amides is 1. The van der Waals surface area contributed by atoms with Crippen LogP contribution in [-0.4, -0.2) is 66.1 Å². The van der Waals surface area contributed by atoms with Gasteiger partial charge in [0, 0.05) is 31.2 Å². The molecule has 0 aromatic heterocycles.